The van der Waals surface area contributed by atoms with Gasteiger partial charge in [-0.2, -0.15) is 0 Å². The quantitative estimate of drug-likeness (QED) is 0.0127. The van der Waals surface area contributed by atoms with Gasteiger partial charge in [0.2, 0.25) is 17.7 Å². The minimum Gasteiger partial charge on any atom is -0.495 e. The van der Waals surface area contributed by atoms with Gasteiger partial charge in [-0.25, -0.2) is 14.4 Å². The van der Waals surface area contributed by atoms with E-state index < -0.39 is 120 Å². The molecule has 2 saturated heterocycles. The minimum atomic E-state index is -1.91. The van der Waals surface area contributed by atoms with E-state index in [1.807, 2.05) is 13.0 Å². The molecule has 3 aliphatic rings. The molecule has 0 spiro atoms. The van der Waals surface area contributed by atoms with Crippen LogP contribution in [0.15, 0.2) is 60.2 Å². The third-order valence-corrected chi connectivity index (χ3v) is 18.3. The molecule has 2 aromatic carbocycles. The average molecular weight is 1400 g/mol. The van der Waals surface area contributed by atoms with Crippen LogP contribution in [-0.4, -0.2) is 175 Å². The number of hydrogen-bond donors (Lipinski definition) is 7. The van der Waals surface area contributed by atoms with Crippen molar-refractivity contribution in [2.45, 2.75) is 172 Å². The summed E-state index contributed by atoms with van der Waals surface area (Å²) in [5, 5.41) is 26.6. The van der Waals surface area contributed by atoms with Gasteiger partial charge in [0.05, 0.1) is 43.3 Å². The molecule has 11 atom stereocenters. The molecule has 492 valence electrons. The molecule has 3 heterocycles. The first kappa shape index (κ1) is 73.6. The summed E-state index contributed by atoms with van der Waals surface area (Å²) in [6.07, 6.45) is 2.29. The Morgan fingerprint density at radius 1 is 1.02 bits per heavy atom. The number of alkyl carbamates (subject to hydrolysis) is 1. The van der Waals surface area contributed by atoms with Gasteiger partial charge < -0.3 is 69.8 Å². The van der Waals surface area contributed by atoms with Gasteiger partial charge >= 0.3 is 24.1 Å². The fourth-order valence-corrected chi connectivity index (χ4v) is 12.6. The highest BCUT2D eigenvalue weighted by atomic mass is 79.9. The Morgan fingerprint density at radius 3 is 2.30 bits per heavy atom. The summed E-state index contributed by atoms with van der Waals surface area (Å²) in [7, 11) is 5.78. The molecule has 0 aromatic heterocycles. The molecular formula is C62H87Br2ClN8O16. The highest BCUT2D eigenvalue weighted by molar-refractivity contribution is 9.09. The molecule has 24 nitrogen and oxygen atoms in total. The van der Waals surface area contributed by atoms with E-state index in [-0.39, 0.29) is 59.9 Å². The van der Waals surface area contributed by atoms with Crippen LogP contribution in [0.3, 0.4) is 0 Å². The summed E-state index contributed by atoms with van der Waals surface area (Å²) in [6, 6.07) is 4.45. The first-order valence-corrected chi connectivity index (χ1v) is 32.1. The molecule has 0 saturated carbocycles. The number of methoxy groups -OCH3 is 2. The van der Waals surface area contributed by atoms with Crippen LogP contribution in [-0.2, 0) is 58.9 Å². The lowest BCUT2D eigenvalue weighted by Gasteiger charge is -2.42. The second kappa shape index (κ2) is 32.7. The maximum atomic E-state index is 14.5. The Morgan fingerprint density at radius 2 is 1.70 bits per heavy atom. The summed E-state index contributed by atoms with van der Waals surface area (Å²) in [6.45, 7) is 14.0. The van der Waals surface area contributed by atoms with Crippen LogP contribution in [0.5, 0.6) is 5.75 Å². The predicted octanol–water partition coefficient (Wildman–Crippen LogP) is 6.78. The summed E-state index contributed by atoms with van der Waals surface area (Å²) >= 11 is 13.5. The number of epoxide rings is 1. The number of ether oxygens (including phenoxy) is 6. The van der Waals surface area contributed by atoms with Crippen LogP contribution >= 0.6 is 43.5 Å². The normalized spacial score (nSPS) is 24.4. The number of anilines is 2. The van der Waals surface area contributed by atoms with Crippen LogP contribution in [0.2, 0.25) is 5.02 Å². The second-order valence-electron chi connectivity index (χ2n) is 24.1. The van der Waals surface area contributed by atoms with Gasteiger partial charge in [-0.1, -0.05) is 88.0 Å². The number of nitrogens with zero attached hydrogens (tertiary/aromatic N) is 2. The third kappa shape index (κ3) is 19.9. The van der Waals surface area contributed by atoms with Crippen LogP contribution < -0.4 is 42.0 Å². The topological polar surface area (TPSA) is 325 Å². The number of carbonyl (C=O) groups is 9. The van der Waals surface area contributed by atoms with Crippen molar-refractivity contribution in [2.24, 2.45) is 23.5 Å². The number of allylic oxidation sites excluding steroid dienone is 3. The lowest BCUT2D eigenvalue weighted by molar-refractivity contribution is -0.161. The number of alkyl halides is 2. The first-order chi connectivity index (χ1) is 41.8. The van der Waals surface area contributed by atoms with E-state index in [2.05, 4.69) is 58.4 Å². The zero-order chi connectivity index (χ0) is 66.3. The Balaban J connectivity index is 1.32. The summed E-state index contributed by atoms with van der Waals surface area (Å²) in [5.41, 5.74) is 3.47. The highest BCUT2D eigenvalue weighted by Crippen LogP contribution is 2.49. The van der Waals surface area contributed by atoms with E-state index in [0.29, 0.717) is 54.1 Å². The van der Waals surface area contributed by atoms with Crippen LogP contribution in [0.25, 0.3) is 0 Å². The van der Waals surface area contributed by atoms with Crippen LogP contribution in [0.4, 0.5) is 21.0 Å². The van der Waals surface area contributed by atoms with Crippen molar-refractivity contribution in [3.63, 3.8) is 0 Å². The largest absolute Gasteiger partial charge is 0.495 e. The van der Waals surface area contributed by atoms with Crippen molar-refractivity contribution in [3.8, 4) is 5.75 Å². The number of amides is 7. The molecule has 27 heteroatoms. The number of carbonyl (C=O) groups excluding carboxylic acids is 9. The first-order valence-electron chi connectivity index (χ1n) is 29.5. The predicted molar refractivity (Wildman–Crippen MR) is 341 cm³/mol. The van der Waals surface area contributed by atoms with Gasteiger partial charge in [-0.3, -0.25) is 34.6 Å². The standard InChI is InChI=1S/C62H87Br2ClN8O16/c1-34(2)51(68-42(33-74)17-14-24-60(6,7)89-57(80)40(31-63)32-64)54(77)70-43(18-15-25-67-58(66)81)53(76)69-41-22-20-39(21-23-41)55(78)72(9)37(5)56(79)87-48-29-49(75)73(10)44-27-38(28-45(84-11)50(44)65)26-35(3)16-13-19-47(85-12)62(83)30-46(86-59(82)71-62)36(4)52-61(48,8)88-52/h13,16,19-23,27-28,33-34,36-37,40,42-43,46-48,51-52,68,83H,14-15,17-18,24-26,29-32H2,1-12H3,(H,69,76)(H,70,77)(H,71,82)(H3,66,67,81)/b19-13+,35-16+/t36-,37+,42?,43+,46+,47-,48+,51+,52+,61+,62+/m1/s1. The third-order valence-electron chi connectivity index (χ3n) is 16.3. The molecule has 8 N–H and O–H groups in total. The Kier molecular flexibility index (Phi) is 27.1. The lowest BCUT2D eigenvalue weighted by Crippen LogP contribution is -2.63. The fourth-order valence-electron chi connectivity index (χ4n) is 10.7. The van der Waals surface area contributed by atoms with Gasteiger partial charge in [0, 0.05) is 62.0 Å². The number of aldehydes is 1. The molecule has 3 aliphatic heterocycles. The lowest BCUT2D eigenvalue weighted by atomic mass is 9.83. The van der Waals surface area contributed by atoms with E-state index in [1.54, 1.807) is 65.8 Å². The number of likely N-dealkylation sites (N-methyl/N-ethyl adjacent to an activating group) is 1. The van der Waals surface area contributed by atoms with Gasteiger partial charge in [-0.15, -0.1) is 0 Å². The van der Waals surface area contributed by atoms with Crippen molar-refractivity contribution in [1.29, 1.82) is 0 Å². The molecule has 89 heavy (non-hydrogen) atoms. The minimum absolute atomic E-state index is 0.0606. The van der Waals surface area contributed by atoms with Gasteiger partial charge in [0.15, 0.2) is 5.72 Å². The monoisotopic (exact) mass is 1390 g/mol. The van der Waals surface area contributed by atoms with Gasteiger partial charge in [0.25, 0.3) is 5.91 Å². The molecule has 2 aromatic rings. The number of primary amides is 1. The van der Waals surface area contributed by atoms with Crippen molar-refractivity contribution in [2.75, 3.05) is 55.7 Å². The summed E-state index contributed by atoms with van der Waals surface area (Å²) in [4.78, 5) is 123. The van der Waals surface area contributed by atoms with Crippen molar-refractivity contribution in [1.82, 2.24) is 26.2 Å². The SMILES string of the molecule is COc1cc2cc(c1Cl)N(C)C(=O)C[C@H](OC(=O)[C@H](C)N(C)C(=O)c1ccc(NC(=O)[C@H](CCCNC(N)=O)NC(=O)[C@@H](NC(C=O)CCCC(C)(C)OC(=O)C(CBr)CBr)C(C)C)cc1)[C@]1(C)O[C@H]1[C@H](C)[C@@H]1C[C@@](O)(NC(=O)O1)[C@H](OC)/C=C/C=C(\C)C2. The number of benzene rings is 2. The molecule has 4 bridgehead atoms. The van der Waals surface area contributed by atoms with E-state index in [0.717, 1.165) is 16.0 Å². The molecule has 0 aliphatic carbocycles. The van der Waals surface area contributed by atoms with Crippen molar-refractivity contribution in [3.05, 3.63) is 76.3 Å². The van der Waals surface area contributed by atoms with E-state index in [9.17, 15) is 48.3 Å². The number of nitrogens with two attached hydrogens (primary N) is 1. The fraction of sp³-hybridized carbons (Fsp3) is 0.597. The van der Waals surface area contributed by atoms with Crippen LogP contribution in [0, 0.1) is 17.8 Å². The van der Waals surface area contributed by atoms with E-state index >= 15 is 0 Å². The highest BCUT2D eigenvalue weighted by Gasteiger charge is 2.64. The molecular weight excluding hydrogens is 1310 g/mol. The molecule has 0 radical (unpaired) electrons. The maximum absolute atomic E-state index is 14.5. The molecule has 2 fully saturated rings. The smallest absolute Gasteiger partial charge is 0.409 e. The number of nitrogens with one attached hydrogen (secondary N) is 5. The van der Waals surface area contributed by atoms with Crippen molar-refractivity contribution < 1.29 is 76.7 Å². The van der Waals surface area contributed by atoms with Crippen molar-refractivity contribution >= 4 is 109 Å². The van der Waals surface area contributed by atoms with Gasteiger partial charge in [0.1, 0.15) is 58.7 Å². The molecule has 5 rings (SSSR count). The van der Waals surface area contributed by atoms with Crippen LogP contribution in [0.1, 0.15) is 116 Å². The summed E-state index contributed by atoms with van der Waals surface area (Å²) in [5.74, 6) is -4.62. The summed E-state index contributed by atoms with van der Waals surface area (Å²) < 4.78 is 35.3. The number of aliphatic hydroxyl groups is 1. The number of hydrogen-bond acceptors (Lipinski definition) is 17. The number of esters is 2. The van der Waals surface area contributed by atoms with E-state index in [4.69, 9.17) is 45.8 Å². The Labute approximate surface area is 542 Å². The van der Waals surface area contributed by atoms with E-state index in [1.165, 1.54) is 64.4 Å². The second-order valence-corrected chi connectivity index (χ2v) is 25.8. The molecule has 7 amide bonds. The Hall–Kier alpha value is -6.16. The zero-order valence-electron chi connectivity index (χ0n) is 52.6. The average Bonchev–Trinajstić information content (AvgIpc) is 1.61. The zero-order valence-corrected chi connectivity index (χ0v) is 56.5. The Bertz CT molecular complexity index is 2930. The maximum Gasteiger partial charge on any atom is 0.409 e. The van der Waals surface area contributed by atoms with Gasteiger partial charge in [-0.05, 0) is 121 Å². The number of fused-ring (bicyclic) bond motifs is 5. The number of halogens is 3. The number of urea groups is 1. The molecule has 1 unspecified atom stereocenters. The number of rotatable bonds is 26.